The van der Waals surface area contributed by atoms with E-state index in [0.717, 1.165) is 16.4 Å². The van der Waals surface area contributed by atoms with Crippen molar-refractivity contribution in [3.63, 3.8) is 0 Å². The van der Waals surface area contributed by atoms with Gasteiger partial charge in [0.05, 0.1) is 24.0 Å². The Balaban J connectivity index is 2.44. The Bertz CT molecular complexity index is 675. The summed E-state index contributed by atoms with van der Waals surface area (Å²) >= 11 is 2.30. The zero-order chi connectivity index (χ0) is 11.1. The van der Waals surface area contributed by atoms with Crippen molar-refractivity contribution in [2.24, 2.45) is 0 Å². The second-order valence-corrected chi connectivity index (χ2v) is 4.94. The number of aliphatic hydroxyl groups is 1. The SMILES string of the molecule is OCc1cc2c(cn1)[nH]c1ccc(I)cc12. The molecule has 0 radical (unpaired) electrons. The van der Waals surface area contributed by atoms with Crippen LogP contribution in [0.5, 0.6) is 0 Å². The van der Waals surface area contributed by atoms with Gasteiger partial charge >= 0.3 is 0 Å². The molecule has 0 fully saturated rings. The van der Waals surface area contributed by atoms with Crippen LogP contribution in [0.1, 0.15) is 5.69 Å². The first-order chi connectivity index (χ1) is 7.78. The third kappa shape index (κ3) is 1.49. The second kappa shape index (κ2) is 3.71. The summed E-state index contributed by atoms with van der Waals surface area (Å²) in [4.78, 5) is 7.47. The smallest absolute Gasteiger partial charge is 0.0853 e. The number of benzene rings is 1. The van der Waals surface area contributed by atoms with Crippen LogP contribution < -0.4 is 0 Å². The predicted molar refractivity (Wildman–Crippen MR) is 72.2 cm³/mol. The summed E-state index contributed by atoms with van der Waals surface area (Å²) in [6, 6.07) is 8.20. The number of aliphatic hydroxyl groups excluding tert-OH is 1. The first-order valence-electron chi connectivity index (χ1n) is 4.94. The van der Waals surface area contributed by atoms with E-state index >= 15 is 0 Å². The monoisotopic (exact) mass is 324 g/mol. The van der Waals surface area contributed by atoms with E-state index < -0.39 is 0 Å². The standard InChI is InChI=1S/C12H9IN2O/c13-7-1-2-11-9(3-7)10-4-8(6-16)14-5-12(10)15-11/h1-5,15-16H,6H2. The third-order valence-corrected chi connectivity index (χ3v) is 3.33. The summed E-state index contributed by atoms with van der Waals surface area (Å²) in [5.74, 6) is 0. The molecule has 3 nitrogen and oxygen atoms in total. The van der Waals surface area contributed by atoms with Crippen molar-refractivity contribution in [3.8, 4) is 0 Å². The summed E-state index contributed by atoms with van der Waals surface area (Å²) < 4.78 is 1.20. The Morgan fingerprint density at radius 3 is 2.81 bits per heavy atom. The number of rotatable bonds is 1. The number of H-pyrrole nitrogens is 1. The van der Waals surface area contributed by atoms with E-state index in [1.54, 1.807) is 6.20 Å². The predicted octanol–water partition coefficient (Wildman–Crippen LogP) is 2.81. The van der Waals surface area contributed by atoms with E-state index in [-0.39, 0.29) is 6.61 Å². The van der Waals surface area contributed by atoms with E-state index in [2.05, 4.69) is 50.8 Å². The van der Waals surface area contributed by atoms with Crippen molar-refractivity contribution in [1.29, 1.82) is 0 Å². The lowest BCUT2D eigenvalue weighted by Gasteiger charge is -1.95. The average Bonchev–Trinajstić information content (AvgIpc) is 2.66. The molecule has 0 aliphatic carbocycles. The quantitative estimate of drug-likeness (QED) is 0.676. The maximum Gasteiger partial charge on any atom is 0.0853 e. The molecule has 0 aliphatic rings. The fourth-order valence-corrected chi connectivity index (χ4v) is 2.39. The molecule has 2 aromatic heterocycles. The maximum absolute atomic E-state index is 9.09. The highest BCUT2D eigenvalue weighted by Crippen LogP contribution is 2.26. The van der Waals surface area contributed by atoms with Gasteiger partial charge in [-0.3, -0.25) is 4.98 Å². The molecular weight excluding hydrogens is 315 g/mol. The number of hydrogen-bond donors (Lipinski definition) is 2. The van der Waals surface area contributed by atoms with Crippen molar-refractivity contribution in [1.82, 2.24) is 9.97 Å². The van der Waals surface area contributed by atoms with Crippen LogP contribution in [0.25, 0.3) is 21.8 Å². The number of hydrogen-bond acceptors (Lipinski definition) is 2. The molecule has 0 spiro atoms. The Labute approximate surface area is 106 Å². The summed E-state index contributed by atoms with van der Waals surface area (Å²) in [6.45, 7) is -0.0213. The zero-order valence-corrected chi connectivity index (χ0v) is 10.5. The van der Waals surface area contributed by atoms with Crippen molar-refractivity contribution in [2.45, 2.75) is 6.61 Å². The number of pyridine rings is 1. The molecule has 0 bridgehead atoms. The van der Waals surface area contributed by atoms with Gasteiger partial charge in [0.2, 0.25) is 0 Å². The Morgan fingerprint density at radius 1 is 1.19 bits per heavy atom. The van der Waals surface area contributed by atoms with Crippen LogP contribution in [0.3, 0.4) is 0 Å². The average molecular weight is 324 g/mol. The number of nitrogens with zero attached hydrogens (tertiary/aromatic N) is 1. The molecule has 2 N–H and O–H groups in total. The van der Waals surface area contributed by atoms with E-state index in [9.17, 15) is 0 Å². The molecule has 0 unspecified atom stereocenters. The van der Waals surface area contributed by atoms with Gasteiger partial charge in [0.25, 0.3) is 0 Å². The number of aromatic nitrogens is 2. The molecule has 2 heterocycles. The highest BCUT2D eigenvalue weighted by Gasteiger charge is 2.05. The highest BCUT2D eigenvalue weighted by molar-refractivity contribution is 14.1. The first kappa shape index (κ1) is 10.0. The number of halogens is 1. The van der Waals surface area contributed by atoms with Crippen molar-refractivity contribution in [3.05, 3.63) is 39.7 Å². The lowest BCUT2D eigenvalue weighted by atomic mass is 10.2. The van der Waals surface area contributed by atoms with Gasteiger partial charge in [0, 0.05) is 19.9 Å². The van der Waals surface area contributed by atoms with Crippen LogP contribution in [0.15, 0.2) is 30.5 Å². The topological polar surface area (TPSA) is 48.9 Å². The molecule has 80 valence electrons. The van der Waals surface area contributed by atoms with Crippen LogP contribution in [0, 0.1) is 3.57 Å². The van der Waals surface area contributed by atoms with Gasteiger partial charge in [-0.25, -0.2) is 0 Å². The molecule has 0 atom stereocenters. The van der Waals surface area contributed by atoms with Crippen LogP contribution in [-0.2, 0) is 6.61 Å². The lowest BCUT2D eigenvalue weighted by molar-refractivity contribution is 0.277. The Morgan fingerprint density at radius 2 is 2.00 bits per heavy atom. The van der Waals surface area contributed by atoms with Gasteiger partial charge in [-0.2, -0.15) is 0 Å². The second-order valence-electron chi connectivity index (χ2n) is 3.69. The minimum absolute atomic E-state index is 0.0213. The fraction of sp³-hybridized carbons (Fsp3) is 0.0833. The third-order valence-electron chi connectivity index (χ3n) is 2.66. The van der Waals surface area contributed by atoms with Crippen LogP contribution in [0.4, 0.5) is 0 Å². The minimum atomic E-state index is -0.0213. The molecule has 1 aromatic carbocycles. The molecular formula is C12H9IN2O. The van der Waals surface area contributed by atoms with Crippen molar-refractivity contribution < 1.29 is 5.11 Å². The van der Waals surface area contributed by atoms with Crippen LogP contribution in [0.2, 0.25) is 0 Å². The summed E-state index contributed by atoms with van der Waals surface area (Å²) in [5, 5.41) is 11.4. The molecule has 0 saturated heterocycles. The van der Waals surface area contributed by atoms with Crippen LogP contribution in [-0.4, -0.2) is 15.1 Å². The normalized spacial score (nSPS) is 11.4. The van der Waals surface area contributed by atoms with Gasteiger partial charge in [-0.15, -0.1) is 0 Å². The van der Waals surface area contributed by atoms with Crippen molar-refractivity contribution in [2.75, 3.05) is 0 Å². The molecule has 0 amide bonds. The first-order valence-corrected chi connectivity index (χ1v) is 6.02. The summed E-state index contributed by atoms with van der Waals surface area (Å²) in [6.07, 6.45) is 1.77. The molecule has 0 aliphatic heterocycles. The number of nitrogens with one attached hydrogen (secondary N) is 1. The maximum atomic E-state index is 9.09. The van der Waals surface area contributed by atoms with E-state index in [1.807, 2.05) is 6.07 Å². The van der Waals surface area contributed by atoms with Crippen molar-refractivity contribution >= 4 is 44.4 Å². The molecule has 0 saturated carbocycles. The van der Waals surface area contributed by atoms with Gasteiger partial charge in [0.15, 0.2) is 0 Å². The zero-order valence-electron chi connectivity index (χ0n) is 8.37. The highest BCUT2D eigenvalue weighted by atomic mass is 127. The number of aromatic amines is 1. The molecule has 4 heteroatoms. The van der Waals surface area contributed by atoms with E-state index in [0.29, 0.717) is 5.69 Å². The molecule has 16 heavy (non-hydrogen) atoms. The number of fused-ring (bicyclic) bond motifs is 3. The molecule has 3 rings (SSSR count). The Kier molecular flexibility index (Phi) is 2.33. The fourth-order valence-electron chi connectivity index (χ4n) is 1.90. The van der Waals surface area contributed by atoms with Gasteiger partial charge in [-0.1, -0.05) is 0 Å². The lowest BCUT2D eigenvalue weighted by Crippen LogP contribution is -1.86. The van der Waals surface area contributed by atoms with Crippen LogP contribution >= 0.6 is 22.6 Å². The summed E-state index contributed by atoms with van der Waals surface area (Å²) in [7, 11) is 0. The summed E-state index contributed by atoms with van der Waals surface area (Å²) in [5.41, 5.74) is 2.81. The minimum Gasteiger partial charge on any atom is -0.390 e. The largest absolute Gasteiger partial charge is 0.390 e. The molecule has 3 aromatic rings. The van der Waals surface area contributed by atoms with E-state index in [4.69, 9.17) is 5.11 Å². The van der Waals surface area contributed by atoms with Gasteiger partial charge in [-0.05, 0) is 46.9 Å². The Hall–Kier alpha value is -1.14. The van der Waals surface area contributed by atoms with E-state index in [1.165, 1.54) is 8.96 Å². The van der Waals surface area contributed by atoms with Gasteiger partial charge < -0.3 is 10.1 Å². The van der Waals surface area contributed by atoms with Gasteiger partial charge in [0.1, 0.15) is 0 Å².